The third-order valence-electron chi connectivity index (χ3n) is 2.24. The number of hydrogen-bond donors (Lipinski definition) is 0. The third-order valence-corrected chi connectivity index (χ3v) is 3.26. The Kier molecular flexibility index (Phi) is 5.08. The molecule has 2 rings (SSSR count). The normalized spacial score (nSPS) is 12.5. The SMILES string of the molecule is Fc1ccc(-c2nc(C(Cl)(Cl)Cl)nc(C(Cl)(Cl)Cl)n2)cc1. The fraction of sp³-hybridized carbons (Fsp3) is 0.182. The summed E-state index contributed by atoms with van der Waals surface area (Å²) in [6.45, 7) is 0. The van der Waals surface area contributed by atoms with Gasteiger partial charge in [-0.3, -0.25) is 0 Å². The van der Waals surface area contributed by atoms with Gasteiger partial charge in [-0.15, -0.1) is 0 Å². The first-order valence-electron chi connectivity index (χ1n) is 5.24. The number of rotatable bonds is 1. The summed E-state index contributed by atoms with van der Waals surface area (Å²) in [4.78, 5) is 11.8. The second kappa shape index (κ2) is 6.19. The molecule has 0 fully saturated rings. The summed E-state index contributed by atoms with van der Waals surface area (Å²) in [5.41, 5.74) is 0.449. The van der Waals surface area contributed by atoms with Crippen LogP contribution in [0, 0.1) is 5.82 Å². The van der Waals surface area contributed by atoms with Crippen LogP contribution in [0.5, 0.6) is 0 Å². The number of hydrogen-bond acceptors (Lipinski definition) is 3. The van der Waals surface area contributed by atoms with Gasteiger partial charge in [0.25, 0.3) is 0 Å². The van der Waals surface area contributed by atoms with Crippen molar-refractivity contribution in [2.24, 2.45) is 0 Å². The molecule has 0 unspecified atom stereocenters. The maximum Gasteiger partial charge on any atom is 0.250 e. The Morgan fingerprint density at radius 2 is 1.14 bits per heavy atom. The van der Waals surface area contributed by atoms with Gasteiger partial charge < -0.3 is 0 Å². The van der Waals surface area contributed by atoms with Gasteiger partial charge in [0, 0.05) is 5.56 Å². The molecule has 0 saturated carbocycles. The number of benzene rings is 1. The molecular formula is C11H4Cl6FN3. The smallest absolute Gasteiger partial charge is 0.209 e. The molecule has 0 aliphatic rings. The van der Waals surface area contributed by atoms with Crippen molar-refractivity contribution >= 4 is 69.6 Å². The van der Waals surface area contributed by atoms with Crippen LogP contribution in [0.1, 0.15) is 11.6 Å². The van der Waals surface area contributed by atoms with Gasteiger partial charge in [0.1, 0.15) is 5.82 Å². The summed E-state index contributed by atoms with van der Waals surface area (Å²) in [5.74, 6) is -0.741. The molecular weight excluding hydrogens is 406 g/mol. The van der Waals surface area contributed by atoms with Crippen LogP contribution in [0.3, 0.4) is 0 Å². The molecule has 3 nitrogen and oxygen atoms in total. The summed E-state index contributed by atoms with van der Waals surface area (Å²) in [7, 11) is 0. The number of halogens is 7. The highest BCUT2D eigenvalue weighted by atomic mass is 35.6. The number of aromatic nitrogens is 3. The quantitative estimate of drug-likeness (QED) is 0.597. The molecule has 10 heteroatoms. The second-order valence-electron chi connectivity index (χ2n) is 3.81. The van der Waals surface area contributed by atoms with Crippen molar-refractivity contribution in [1.29, 1.82) is 0 Å². The Balaban J connectivity index is 2.63. The van der Waals surface area contributed by atoms with Gasteiger partial charge in [-0.05, 0) is 24.3 Å². The Morgan fingerprint density at radius 3 is 1.52 bits per heavy atom. The van der Waals surface area contributed by atoms with Gasteiger partial charge in [-0.1, -0.05) is 69.6 Å². The molecule has 0 N–H and O–H groups in total. The lowest BCUT2D eigenvalue weighted by atomic mass is 10.2. The molecule has 0 amide bonds. The van der Waals surface area contributed by atoms with E-state index in [0.29, 0.717) is 5.56 Å². The minimum atomic E-state index is -1.93. The van der Waals surface area contributed by atoms with Crippen LogP contribution in [-0.2, 0) is 7.59 Å². The zero-order chi connectivity index (χ0) is 15.8. The van der Waals surface area contributed by atoms with Gasteiger partial charge in [-0.25, -0.2) is 19.3 Å². The largest absolute Gasteiger partial charge is 0.250 e. The molecule has 112 valence electrons. The predicted octanol–water partition coefficient (Wildman–Crippen LogP) is 5.33. The van der Waals surface area contributed by atoms with Crippen LogP contribution in [0.4, 0.5) is 4.39 Å². The van der Waals surface area contributed by atoms with E-state index in [-0.39, 0.29) is 17.5 Å². The highest BCUT2D eigenvalue weighted by Crippen LogP contribution is 2.40. The Hall–Kier alpha value is -0.100. The zero-order valence-electron chi connectivity index (χ0n) is 9.80. The fourth-order valence-electron chi connectivity index (χ4n) is 1.36. The molecule has 0 aliphatic heterocycles. The molecule has 21 heavy (non-hydrogen) atoms. The molecule has 0 saturated heterocycles. The number of alkyl halides is 6. The van der Waals surface area contributed by atoms with E-state index < -0.39 is 13.4 Å². The predicted molar refractivity (Wildman–Crippen MR) is 83.7 cm³/mol. The van der Waals surface area contributed by atoms with E-state index >= 15 is 0 Å². The average Bonchev–Trinajstić information content (AvgIpc) is 2.37. The summed E-state index contributed by atoms with van der Waals surface area (Å²) in [6.07, 6.45) is 0. The first-order valence-corrected chi connectivity index (χ1v) is 7.50. The van der Waals surface area contributed by atoms with Crippen LogP contribution in [0.2, 0.25) is 0 Å². The Bertz CT molecular complexity index is 618. The maximum atomic E-state index is 13.0. The monoisotopic (exact) mass is 407 g/mol. The van der Waals surface area contributed by atoms with E-state index in [2.05, 4.69) is 15.0 Å². The molecule has 0 spiro atoms. The molecule has 1 aromatic heterocycles. The standard InChI is InChI=1S/C11H4Cl6FN3/c12-10(13,14)8-19-7(5-1-3-6(18)4-2-5)20-9(21-8)11(15,16)17/h1-4H. The molecule has 0 radical (unpaired) electrons. The van der Waals surface area contributed by atoms with Crippen LogP contribution in [-0.4, -0.2) is 15.0 Å². The van der Waals surface area contributed by atoms with E-state index in [0.717, 1.165) is 0 Å². The van der Waals surface area contributed by atoms with Crippen molar-refractivity contribution < 1.29 is 4.39 Å². The van der Waals surface area contributed by atoms with Crippen LogP contribution >= 0.6 is 69.6 Å². The Labute approximate surface area is 149 Å². The lowest BCUT2D eigenvalue weighted by molar-refractivity contribution is 0.628. The van der Waals surface area contributed by atoms with Crippen molar-refractivity contribution in [3.8, 4) is 11.4 Å². The molecule has 0 atom stereocenters. The van der Waals surface area contributed by atoms with Gasteiger partial charge in [0.05, 0.1) is 0 Å². The van der Waals surface area contributed by atoms with Gasteiger partial charge in [-0.2, -0.15) is 0 Å². The third kappa shape index (κ3) is 4.44. The first-order chi connectivity index (χ1) is 9.57. The topological polar surface area (TPSA) is 38.7 Å². The highest BCUT2D eigenvalue weighted by Gasteiger charge is 2.33. The summed E-state index contributed by atoms with van der Waals surface area (Å²) < 4.78 is 9.10. The van der Waals surface area contributed by atoms with E-state index in [1.807, 2.05) is 0 Å². The molecule has 0 aliphatic carbocycles. The van der Waals surface area contributed by atoms with E-state index in [9.17, 15) is 4.39 Å². The van der Waals surface area contributed by atoms with Gasteiger partial charge in [0.15, 0.2) is 17.5 Å². The molecule has 1 heterocycles. The van der Waals surface area contributed by atoms with Crippen molar-refractivity contribution in [2.45, 2.75) is 7.59 Å². The second-order valence-corrected chi connectivity index (χ2v) is 8.37. The van der Waals surface area contributed by atoms with Crippen LogP contribution in [0.15, 0.2) is 24.3 Å². The Morgan fingerprint density at radius 1 is 0.714 bits per heavy atom. The summed E-state index contributed by atoms with van der Waals surface area (Å²) in [5, 5.41) is 0. The molecule has 2 aromatic rings. The van der Waals surface area contributed by atoms with Crippen molar-refractivity contribution in [2.75, 3.05) is 0 Å². The van der Waals surface area contributed by atoms with Crippen LogP contribution < -0.4 is 0 Å². The highest BCUT2D eigenvalue weighted by molar-refractivity contribution is 6.67. The lowest BCUT2D eigenvalue weighted by Crippen LogP contribution is -2.16. The van der Waals surface area contributed by atoms with Crippen molar-refractivity contribution in [1.82, 2.24) is 15.0 Å². The van der Waals surface area contributed by atoms with E-state index in [4.69, 9.17) is 69.6 Å². The number of nitrogens with zero attached hydrogens (tertiary/aromatic N) is 3. The summed E-state index contributed by atoms with van der Waals surface area (Å²) in [6, 6.07) is 5.33. The van der Waals surface area contributed by atoms with Crippen LogP contribution in [0.25, 0.3) is 11.4 Å². The summed E-state index contributed by atoms with van der Waals surface area (Å²) >= 11 is 34.5. The first kappa shape index (κ1) is 17.3. The van der Waals surface area contributed by atoms with E-state index in [1.165, 1.54) is 24.3 Å². The zero-order valence-corrected chi connectivity index (χ0v) is 14.3. The molecule has 1 aromatic carbocycles. The van der Waals surface area contributed by atoms with Gasteiger partial charge in [0.2, 0.25) is 7.59 Å². The van der Waals surface area contributed by atoms with Gasteiger partial charge >= 0.3 is 0 Å². The van der Waals surface area contributed by atoms with E-state index in [1.54, 1.807) is 0 Å². The van der Waals surface area contributed by atoms with Crippen molar-refractivity contribution in [3.05, 3.63) is 41.7 Å². The fourth-order valence-corrected chi connectivity index (χ4v) is 1.86. The average molecular weight is 410 g/mol. The minimum absolute atomic E-state index is 0.0904. The minimum Gasteiger partial charge on any atom is -0.209 e. The van der Waals surface area contributed by atoms with Crippen molar-refractivity contribution in [3.63, 3.8) is 0 Å². The lowest BCUT2D eigenvalue weighted by Gasteiger charge is -2.15. The maximum absolute atomic E-state index is 13.0. The molecule has 0 bridgehead atoms.